The second-order valence-electron chi connectivity index (χ2n) is 7.20. The van der Waals surface area contributed by atoms with E-state index in [-0.39, 0.29) is 30.5 Å². The Bertz CT molecular complexity index is 1080. The lowest BCUT2D eigenvalue weighted by molar-refractivity contribution is -0.139. The average molecular weight is 488 g/mol. The van der Waals surface area contributed by atoms with Crippen molar-refractivity contribution in [3.8, 4) is 5.75 Å². The van der Waals surface area contributed by atoms with Crippen LogP contribution in [0.3, 0.4) is 0 Å². The maximum atomic E-state index is 12.8. The Labute approximate surface area is 188 Å². The van der Waals surface area contributed by atoms with Crippen molar-refractivity contribution < 1.29 is 28.2 Å². The predicted molar refractivity (Wildman–Crippen MR) is 115 cm³/mol. The van der Waals surface area contributed by atoms with E-state index in [4.69, 9.17) is 24.4 Å². The molecule has 0 radical (unpaired) electrons. The molecule has 2 aromatic rings. The number of carbonyl (C=O) groups excluding carboxylic acids is 2. The summed E-state index contributed by atoms with van der Waals surface area (Å²) in [6.07, 6.45) is 1.64. The lowest BCUT2D eigenvalue weighted by Gasteiger charge is -2.31. The molecule has 1 aromatic carbocycles. The van der Waals surface area contributed by atoms with Crippen LogP contribution < -0.4 is 10.5 Å². The number of esters is 1. The van der Waals surface area contributed by atoms with Crippen LogP contribution in [0, 0.1) is 0 Å². The molecule has 0 saturated heterocycles. The third-order valence-corrected chi connectivity index (χ3v) is 5.62. The van der Waals surface area contributed by atoms with Gasteiger partial charge in [0.1, 0.15) is 35.2 Å². The van der Waals surface area contributed by atoms with Crippen LogP contribution in [-0.2, 0) is 25.7 Å². The summed E-state index contributed by atoms with van der Waals surface area (Å²) < 4.78 is 23.5. The molecule has 1 aromatic heterocycles. The molecule has 162 valence electrons. The molecule has 0 amide bonds. The monoisotopic (exact) mass is 487 g/mol. The van der Waals surface area contributed by atoms with Crippen molar-refractivity contribution >= 4 is 27.7 Å². The third-order valence-electron chi connectivity index (χ3n) is 5.12. The highest BCUT2D eigenvalue weighted by atomic mass is 79.9. The zero-order valence-corrected chi connectivity index (χ0v) is 18.6. The van der Waals surface area contributed by atoms with Gasteiger partial charge in [-0.15, -0.1) is 0 Å². The SMILES string of the molecule is CCOC(=O)C1=C(N)OC2=C(C(=O)CCC2)[C@@H]1c1ccc(COc2cccc(Br)c2)o1. The molecule has 31 heavy (non-hydrogen) atoms. The van der Waals surface area contributed by atoms with Gasteiger partial charge in [0.05, 0.1) is 12.5 Å². The predicted octanol–water partition coefficient (Wildman–Crippen LogP) is 4.48. The van der Waals surface area contributed by atoms with Crippen molar-refractivity contribution in [2.24, 2.45) is 5.73 Å². The Balaban J connectivity index is 1.65. The van der Waals surface area contributed by atoms with E-state index in [2.05, 4.69) is 15.9 Å². The van der Waals surface area contributed by atoms with E-state index >= 15 is 0 Å². The molecular formula is C23H22BrNO6. The van der Waals surface area contributed by atoms with Gasteiger partial charge in [0, 0.05) is 22.9 Å². The minimum absolute atomic E-state index is 0.0553. The molecule has 8 heteroatoms. The van der Waals surface area contributed by atoms with Crippen LogP contribution in [0.4, 0.5) is 0 Å². The normalized spacial score (nSPS) is 18.5. The lowest BCUT2D eigenvalue weighted by Crippen LogP contribution is -2.31. The molecular weight excluding hydrogens is 466 g/mol. The number of halogens is 1. The molecule has 1 aliphatic heterocycles. The van der Waals surface area contributed by atoms with Gasteiger partial charge in [-0.05, 0) is 43.7 Å². The number of Topliss-reactive ketones (excluding diaryl/α,β-unsaturated/α-hetero) is 1. The van der Waals surface area contributed by atoms with Gasteiger partial charge in [0.25, 0.3) is 0 Å². The van der Waals surface area contributed by atoms with Gasteiger partial charge in [0.15, 0.2) is 5.78 Å². The number of ketones is 1. The molecule has 2 N–H and O–H groups in total. The van der Waals surface area contributed by atoms with Crippen molar-refractivity contribution in [3.05, 3.63) is 75.2 Å². The fourth-order valence-corrected chi connectivity index (χ4v) is 4.17. The number of nitrogens with two attached hydrogens (primary N) is 1. The zero-order valence-electron chi connectivity index (χ0n) is 17.0. The minimum atomic E-state index is -0.768. The van der Waals surface area contributed by atoms with E-state index in [1.807, 2.05) is 24.3 Å². The van der Waals surface area contributed by atoms with Crippen LogP contribution in [-0.4, -0.2) is 18.4 Å². The molecule has 1 aliphatic carbocycles. The van der Waals surface area contributed by atoms with Gasteiger partial charge >= 0.3 is 5.97 Å². The summed E-state index contributed by atoms with van der Waals surface area (Å²) in [6.45, 7) is 2.06. The maximum Gasteiger partial charge on any atom is 0.340 e. The largest absolute Gasteiger partial charge is 0.486 e. The lowest BCUT2D eigenvalue weighted by atomic mass is 9.79. The summed E-state index contributed by atoms with van der Waals surface area (Å²) in [5, 5.41) is 0. The summed E-state index contributed by atoms with van der Waals surface area (Å²) in [5.41, 5.74) is 6.59. The van der Waals surface area contributed by atoms with Crippen molar-refractivity contribution in [2.75, 3.05) is 6.61 Å². The molecule has 0 unspecified atom stereocenters. The fraction of sp³-hybridized carbons (Fsp3) is 0.304. The number of carbonyl (C=O) groups is 2. The standard InChI is InChI=1S/C23H22BrNO6/c1-2-28-23(27)21-20(19-16(26)7-4-8-17(19)31-22(21)25)18-10-9-15(30-18)12-29-14-6-3-5-13(24)11-14/h3,5-6,9-11,20H,2,4,7-8,12,25H2,1H3/t20-/m0/s1. The third kappa shape index (κ3) is 4.39. The highest BCUT2D eigenvalue weighted by Gasteiger charge is 2.42. The number of benzene rings is 1. The number of hydrogen-bond acceptors (Lipinski definition) is 7. The fourth-order valence-electron chi connectivity index (χ4n) is 3.79. The molecule has 7 nitrogen and oxygen atoms in total. The zero-order chi connectivity index (χ0) is 22.0. The molecule has 4 rings (SSSR count). The Morgan fingerprint density at radius 1 is 1.26 bits per heavy atom. The van der Waals surface area contributed by atoms with Crippen LogP contribution in [0.5, 0.6) is 5.75 Å². The number of hydrogen-bond donors (Lipinski definition) is 1. The van der Waals surface area contributed by atoms with Crippen molar-refractivity contribution in [3.63, 3.8) is 0 Å². The number of allylic oxidation sites excluding steroid dienone is 2. The Hall–Kier alpha value is -3.00. The van der Waals surface area contributed by atoms with Gasteiger partial charge in [0.2, 0.25) is 5.88 Å². The number of rotatable bonds is 6. The van der Waals surface area contributed by atoms with Gasteiger partial charge in [-0.3, -0.25) is 4.79 Å². The van der Waals surface area contributed by atoms with Crippen molar-refractivity contribution in [1.29, 1.82) is 0 Å². The first kappa shape index (κ1) is 21.2. The summed E-state index contributed by atoms with van der Waals surface area (Å²) in [4.78, 5) is 25.4. The van der Waals surface area contributed by atoms with Gasteiger partial charge in [-0.2, -0.15) is 0 Å². The molecule has 0 saturated carbocycles. The van der Waals surface area contributed by atoms with Gasteiger partial charge < -0.3 is 24.4 Å². The average Bonchev–Trinajstić information content (AvgIpc) is 3.20. The quantitative estimate of drug-likeness (QED) is 0.599. The van der Waals surface area contributed by atoms with Crippen molar-refractivity contribution in [1.82, 2.24) is 0 Å². The summed E-state index contributed by atoms with van der Waals surface area (Å²) in [5.74, 6) is 0.619. The van der Waals surface area contributed by atoms with Crippen molar-refractivity contribution in [2.45, 2.75) is 38.7 Å². The van der Waals surface area contributed by atoms with E-state index in [1.165, 1.54) is 0 Å². The first-order valence-corrected chi connectivity index (χ1v) is 10.8. The summed E-state index contributed by atoms with van der Waals surface area (Å²) in [6, 6.07) is 11.0. The second kappa shape index (κ2) is 9.01. The Morgan fingerprint density at radius 3 is 2.87 bits per heavy atom. The molecule has 0 bridgehead atoms. The molecule has 1 atom stereocenters. The number of furan rings is 1. The van der Waals surface area contributed by atoms with Crippen LogP contribution in [0.15, 0.2) is 68.1 Å². The van der Waals surface area contributed by atoms with E-state index in [9.17, 15) is 9.59 Å². The topological polar surface area (TPSA) is 101 Å². The van der Waals surface area contributed by atoms with Gasteiger partial charge in [-0.1, -0.05) is 22.0 Å². The Kier molecular flexibility index (Phi) is 6.18. The van der Waals surface area contributed by atoms with E-state index in [0.717, 1.165) is 4.47 Å². The summed E-state index contributed by atoms with van der Waals surface area (Å²) >= 11 is 3.41. The summed E-state index contributed by atoms with van der Waals surface area (Å²) in [7, 11) is 0. The van der Waals surface area contributed by atoms with Crippen LogP contribution >= 0.6 is 15.9 Å². The minimum Gasteiger partial charge on any atom is -0.486 e. The van der Waals surface area contributed by atoms with E-state index in [1.54, 1.807) is 19.1 Å². The number of ether oxygens (including phenoxy) is 3. The smallest absolute Gasteiger partial charge is 0.340 e. The highest BCUT2D eigenvalue weighted by molar-refractivity contribution is 9.10. The molecule has 0 fully saturated rings. The molecule has 2 heterocycles. The van der Waals surface area contributed by atoms with Crippen LogP contribution in [0.25, 0.3) is 0 Å². The van der Waals surface area contributed by atoms with E-state index < -0.39 is 11.9 Å². The first-order chi connectivity index (χ1) is 15.0. The first-order valence-electron chi connectivity index (χ1n) is 10.1. The molecule has 2 aliphatic rings. The second-order valence-corrected chi connectivity index (χ2v) is 8.11. The van der Waals surface area contributed by atoms with E-state index in [0.29, 0.717) is 47.9 Å². The highest BCUT2D eigenvalue weighted by Crippen LogP contribution is 2.44. The van der Waals surface area contributed by atoms with Crippen LogP contribution in [0.2, 0.25) is 0 Å². The molecule has 0 spiro atoms. The van der Waals surface area contributed by atoms with Crippen LogP contribution in [0.1, 0.15) is 43.6 Å². The van der Waals surface area contributed by atoms with Gasteiger partial charge in [-0.25, -0.2) is 4.79 Å². The Morgan fingerprint density at radius 2 is 2.10 bits per heavy atom. The maximum absolute atomic E-state index is 12.8.